The Hall–Kier alpha value is -3.28. The van der Waals surface area contributed by atoms with Crippen molar-refractivity contribution < 1.29 is 27.4 Å². The predicted octanol–water partition coefficient (Wildman–Crippen LogP) is 4.86. The van der Waals surface area contributed by atoms with Gasteiger partial charge in [0, 0.05) is 5.02 Å². The molecular formula is C25H25BrClN3O6S. The molecule has 0 aliphatic heterocycles. The largest absolute Gasteiger partial charge is 0.493 e. The zero-order valence-corrected chi connectivity index (χ0v) is 23.4. The van der Waals surface area contributed by atoms with E-state index in [1.807, 2.05) is 0 Å². The normalized spacial score (nSPS) is 11.3. The summed E-state index contributed by atoms with van der Waals surface area (Å²) in [5.74, 6) is 0.630. The number of para-hydroxylation sites is 2. The lowest BCUT2D eigenvalue weighted by molar-refractivity contribution is -0.119. The Bertz CT molecular complexity index is 1380. The standard InChI is InChI=1S/C25H25BrClN3O6S/c1-4-36-22-8-6-5-7-21(22)30(37(32,33)19-11-9-18(27)10-12-19)16-24(31)29-28-15-17-13-20(26)25(35-3)23(14-17)34-2/h5-15H,4,16H2,1-3H3,(H,29,31)/b28-15-. The maximum atomic E-state index is 13.6. The maximum Gasteiger partial charge on any atom is 0.264 e. The van der Waals surface area contributed by atoms with Gasteiger partial charge < -0.3 is 14.2 Å². The highest BCUT2D eigenvalue weighted by Gasteiger charge is 2.29. The molecule has 0 atom stereocenters. The molecule has 0 saturated carbocycles. The van der Waals surface area contributed by atoms with Crippen LogP contribution in [0.25, 0.3) is 0 Å². The van der Waals surface area contributed by atoms with Gasteiger partial charge in [-0.1, -0.05) is 23.7 Å². The van der Waals surface area contributed by atoms with Gasteiger partial charge in [-0.15, -0.1) is 0 Å². The Morgan fingerprint density at radius 1 is 1.08 bits per heavy atom. The van der Waals surface area contributed by atoms with Crippen LogP contribution in [0.1, 0.15) is 12.5 Å². The quantitative estimate of drug-likeness (QED) is 0.245. The summed E-state index contributed by atoms with van der Waals surface area (Å²) in [5, 5.41) is 4.36. The third-order valence-electron chi connectivity index (χ3n) is 4.98. The van der Waals surface area contributed by atoms with Gasteiger partial charge in [-0.2, -0.15) is 5.10 Å². The molecule has 3 aromatic rings. The highest BCUT2D eigenvalue weighted by molar-refractivity contribution is 9.10. The molecule has 0 fully saturated rings. The molecule has 3 rings (SSSR count). The fraction of sp³-hybridized carbons (Fsp3) is 0.200. The van der Waals surface area contributed by atoms with Crippen LogP contribution < -0.4 is 23.9 Å². The first-order valence-corrected chi connectivity index (χ1v) is 13.6. The van der Waals surface area contributed by atoms with E-state index in [1.54, 1.807) is 43.3 Å². The lowest BCUT2D eigenvalue weighted by atomic mass is 10.2. The van der Waals surface area contributed by atoms with Crippen LogP contribution in [0.15, 0.2) is 75.1 Å². The van der Waals surface area contributed by atoms with E-state index in [9.17, 15) is 13.2 Å². The SMILES string of the molecule is CCOc1ccccc1N(CC(=O)N/N=C\c1cc(Br)c(OC)c(OC)c1)S(=O)(=O)c1ccc(Cl)cc1. The lowest BCUT2D eigenvalue weighted by Gasteiger charge is -2.25. The Labute approximate surface area is 229 Å². The summed E-state index contributed by atoms with van der Waals surface area (Å²) in [6.45, 7) is 1.54. The molecule has 0 aliphatic carbocycles. The van der Waals surface area contributed by atoms with Crippen LogP contribution in [0.2, 0.25) is 5.02 Å². The van der Waals surface area contributed by atoms with Gasteiger partial charge in [0.15, 0.2) is 11.5 Å². The zero-order valence-electron chi connectivity index (χ0n) is 20.3. The number of nitrogens with one attached hydrogen (secondary N) is 1. The Balaban J connectivity index is 1.89. The monoisotopic (exact) mass is 609 g/mol. The van der Waals surface area contributed by atoms with Gasteiger partial charge >= 0.3 is 0 Å². The topological polar surface area (TPSA) is 107 Å². The van der Waals surface area contributed by atoms with Crippen molar-refractivity contribution in [1.82, 2.24) is 5.43 Å². The molecule has 0 aromatic heterocycles. The third-order valence-corrected chi connectivity index (χ3v) is 7.60. The summed E-state index contributed by atoms with van der Waals surface area (Å²) in [6.07, 6.45) is 1.40. The Kier molecular flexibility index (Phi) is 9.79. The fourth-order valence-electron chi connectivity index (χ4n) is 3.33. The molecule has 37 heavy (non-hydrogen) atoms. The zero-order chi connectivity index (χ0) is 27.0. The summed E-state index contributed by atoms with van der Waals surface area (Å²) in [6, 6.07) is 15.7. The number of ether oxygens (including phenoxy) is 3. The fourth-order valence-corrected chi connectivity index (χ4v) is 5.51. The van der Waals surface area contributed by atoms with Gasteiger partial charge in [-0.25, -0.2) is 13.8 Å². The van der Waals surface area contributed by atoms with Crippen molar-refractivity contribution in [3.05, 3.63) is 75.7 Å². The molecule has 1 N–H and O–H groups in total. The molecule has 1 amide bonds. The number of benzene rings is 3. The molecule has 0 bridgehead atoms. The number of methoxy groups -OCH3 is 2. The number of hydrogen-bond donors (Lipinski definition) is 1. The van der Waals surface area contributed by atoms with Crippen LogP contribution in [-0.4, -0.2) is 47.9 Å². The smallest absolute Gasteiger partial charge is 0.264 e. The van der Waals surface area contributed by atoms with Crippen LogP contribution in [-0.2, 0) is 14.8 Å². The molecule has 0 aliphatic rings. The van der Waals surface area contributed by atoms with E-state index in [2.05, 4.69) is 26.5 Å². The Morgan fingerprint density at radius 2 is 1.78 bits per heavy atom. The third kappa shape index (κ3) is 6.94. The summed E-state index contributed by atoms with van der Waals surface area (Å²) >= 11 is 9.34. The van der Waals surface area contributed by atoms with Crippen LogP contribution in [0.5, 0.6) is 17.2 Å². The first kappa shape index (κ1) is 28.3. The number of nitrogens with zero attached hydrogens (tertiary/aromatic N) is 2. The molecule has 9 nitrogen and oxygen atoms in total. The second-order valence-electron chi connectivity index (χ2n) is 7.40. The van der Waals surface area contributed by atoms with Gasteiger partial charge in [0.25, 0.3) is 15.9 Å². The van der Waals surface area contributed by atoms with Crippen LogP contribution in [0, 0.1) is 0 Å². The van der Waals surface area contributed by atoms with E-state index in [0.29, 0.717) is 38.9 Å². The number of rotatable bonds is 11. The van der Waals surface area contributed by atoms with E-state index in [1.165, 1.54) is 44.7 Å². The van der Waals surface area contributed by atoms with E-state index in [0.717, 1.165) is 4.31 Å². The van der Waals surface area contributed by atoms with Crippen molar-refractivity contribution in [3.63, 3.8) is 0 Å². The molecule has 0 unspecified atom stereocenters. The number of halogens is 2. The minimum Gasteiger partial charge on any atom is -0.493 e. The Morgan fingerprint density at radius 3 is 2.43 bits per heavy atom. The number of hydrogen-bond acceptors (Lipinski definition) is 7. The second kappa shape index (κ2) is 12.8. The average Bonchev–Trinajstić information content (AvgIpc) is 2.88. The van der Waals surface area contributed by atoms with E-state index >= 15 is 0 Å². The first-order chi connectivity index (χ1) is 17.7. The van der Waals surface area contributed by atoms with Crippen molar-refractivity contribution in [2.24, 2.45) is 5.10 Å². The van der Waals surface area contributed by atoms with Crippen molar-refractivity contribution in [1.29, 1.82) is 0 Å². The van der Waals surface area contributed by atoms with Crippen LogP contribution in [0.3, 0.4) is 0 Å². The highest BCUT2D eigenvalue weighted by Crippen LogP contribution is 2.36. The molecule has 0 radical (unpaired) electrons. The summed E-state index contributed by atoms with van der Waals surface area (Å²) in [7, 11) is -1.14. The minimum absolute atomic E-state index is 0.0327. The van der Waals surface area contributed by atoms with Gasteiger partial charge in [0.2, 0.25) is 0 Å². The number of amides is 1. The summed E-state index contributed by atoms with van der Waals surface area (Å²) in [4.78, 5) is 12.8. The number of carbonyl (C=O) groups is 1. The lowest BCUT2D eigenvalue weighted by Crippen LogP contribution is -2.39. The van der Waals surface area contributed by atoms with Crippen LogP contribution >= 0.6 is 27.5 Å². The number of hydrazone groups is 1. The minimum atomic E-state index is -4.16. The number of carbonyl (C=O) groups excluding carboxylic acids is 1. The van der Waals surface area contributed by atoms with Crippen molar-refractivity contribution >= 4 is 55.4 Å². The van der Waals surface area contributed by atoms with Crippen molar-refractivity contribution in [2.45, 2.75) is 11.8 Å². The van der Waals surface area contributed by atoms with Gasteiger partial charge in [-0.05, 0) is 76.9 Å². The van der Waals surface area contributed by atoms with Gasteiger partial charge in [0.1, 0.15) is 12.3 Å². The molecule has 0 saturated heterocycles. The summed E-state index contributed by atoms with van der Waals surface area (Å²) < 4.78 is 45.0. The van der Waals surface area contributed by atoms with E-state index in [-0.39, 0.29) is 10.6 Å². The second-order valence-corrected chi connectivity index (χ2v) is 10.6. The van der Waals surface area contributed by atoms with Gasteiger partial charge in [0.05, 0.1) is 42.1 Å². The van der Waals surface area contributed by atoms with Crippen molar-refractivity contribution in [2.75, 3.05) is 31.7 Å². The molecule has 3 aromatic carbocycles. The summed E-state index contributed by atoms with van der Waals surface area (Å²) in [5.41, 5.74) is 3.20. The van der Waals surface area contributed by atoms with Crippen molar-refractivity contribution in [3.8, 4) is 17.2 Å². The first-order valence-electron chi connectivity index (χ1n) is 10.9. The maximum absolute atomic E-state index is 13.6. The van der Waals surface area contributed by atoms with Crippen LogP contribution in [0.4, 0.5) is 5.69 Å². The van der Waals surface area contributed by atoms with E-state index in [4.69, 9.17) is 25.8 Å². The molecule has 196 valence electrons. The number of sulfonamides is 1. The van der Waals surface area contributed by atoms with Gasteiger partial charge in [-0.3, -0.25) is 9.10 Å². The molecule has 0 spiro atoms. The predicted molar refractivity (Wildman–Crippen MR) is 147 cm³/mol. The molecule has 12 heteroatoms. The van der Waals surface area contributed by atoms with E-state index < -0.39 is 22.5 Å². The molecule has 0 heterocycles. The number of anilines is 1. The average molecular weight is 611 g/mol. The molecular weight excluding hydrogens is 586 g/mol. The highest BCUT2D eigenvalue weighted by atomic mass is 79.9.